The van der Waals surface area contributed by atoms with Gasteiger partial charge in [0.2, 0.25) is 0 Å². The highest BCUT2D eigenvalue weighted by atomic mass is 79.9. The molecule has 0 aliphatic carbocycles. The second-order valence-corrected chi connectivity index (χ2v) is 5.94. The number of benzene rings is 1. The summed E-state index contributed by atoms with van der Waals surface area (Å²) < 4.78 is 3.37. The molecule has 0 N–H and O–H groups in total. The summed E-state index contributed by atoms with van der Waals surface area (Å²) in [7, 11) is 2.14. The van der Waals surface area contributed by atoms with E-state index in [-0.39, 0.29) is 0 Å². The summed E-state index contributed by atoms with van der Waals surface area (Å²) >= 11 is 9.41. The molecule has 0 aliphatic heterocycles. The number of rotatable bonds is 6. The predicted octanol–water partition coefficient (Wildman–Crippen LogP) is 3.53. The van der Waals surface area contributed by atoms with Crippen molar-refractivity contribution in [2.45, 2.75) is 19.9 Å². The molecule has 1 heterocycles. The number of hydrogen-bond acceptors (Lipinski definition) is 2. The van der Waals surface area contributed by atoms with Crippen molar-refractivity contribution in [1.82, 2.24) is 14.5 Å². The first-order valence-electron chi connectivity index (χ1n) is 6.55. The average molecular weight is 345 g/mol. The minimum absolute atomic E-state index is 0.605. The lowest BCUT2D eigenvalue weighted by Gasteiger charge is -2.16. The maximum absolute atomic E-state index is 5.88. The molecule has 0 saturated carbocycles. The summed E-state index contributed by atoms with van der Waals surface area (Å²) in [5.41, 5.74) is 2.22. The van der Waals surface area contributed by atoms with Crippen LogP contribution in [0.15, 0.2) is 22.7 Å². The number of aryl methyl sites for hydroxylation is 1. The van der Waals surface area contributed by atoms with Gasteiger partial charge in [0.1, 0.15) is 5.82 Å². The second kappa shape index (κ2) is 6.73. The third kappa shape index (κ3) is 3.50. The Hall–Kier alpha value is -0.580. The molecule has 0 amide bonds. The minimum atomic E-state index is 0.605. The average Bonchev–Trinajstić information content (AvgIpc) is 2.73. The fraction of sp³-hybridized carbons (Fsp3) is 0.500. The van der Waals surface area contributed by atoms with E-state index in [9.17, 15) is 0 Å². The van der Waals surface area contributed by atoms with Crippen molar-refractivity contribution in [1.29, 1.82) is 0 Å². The van der Waals surface area contributed by atoms with Crippen LogP contribution in [0.4, 0.5) is 0 Å². The van der Waals surface area contributed by atoms with Gasteiger partial charge in [-0.3, -0.25) is 0 Å². The molecule has 0 radical (unpaired) electrons. The van der Waals surface area contributed by atoms with E-state index in [1.54, 1.807) is 0 Å². The molecule has 2 rings (SSSR count). The Morgan fingerprint density at radius 2 is 2.21 bits per heavy atom. The molecule has 0 bridgehead atoms. The van der Waals surface area contributed by atoms with Crippen LogP contribution in [0.3, 0.4) is 0 Å². The van der Waals surface area contributed by atoms with Gasteiger partial charge in [-0.05, 0) is 31.8 Å². The molecule has 0 fully saturated rings. The van der Waals surface area contributed by atoms with Crippen LogP contribution >= 0.6 is 27.5 Å². The SMILES string of the molecule is CCN(C)CCn1c(CCCl)nc2ccc(Br)cc21. The van der Waals surface area contributed by atoms with Crippen LogP contribution in [0.1, 0.15) is 12.7 Å². The van der Waals surface area contributed by atoms with E-state index in [0.29, 0.717) is 5.88 Å². The number of fused-ring (bicyclic) bond motifs is 1. The molecule has 0 saturated heterocycles. The highest BCUT2D eigenvalue weighted by Gasteiger charge is 2.11. The van der Waals surface area contributed by atoms with E-state index in [0.717, 1.165) is 41.9 Å². The van der Waals surface area contributed by atoms with Gasteiger partial charge in [0.15, 0.2) is 0 Å². The lowest BCUT2D eigenvalue weighted by molar-refractivity contribution is 0.335. The molecule has 0 spiro atoms. The Bertz CT molecular complexity index is 553. The van der Waals surface area contributed by atoms with Crippen molar-refractivity contribution in [3.05, 3.63) is 28.5 Å². The van der Waals surface area contributed by atoms with Crippen LogP contribution in [0.2, 0.25) is 0 Å². The largest absolute Gasteiger partial charge is 0.327 e. The Kier molecular flexibility index (Phi) is 5.25. The van der Waals surface area contributed by atoms with Crippen LogP contribution < -0.4 is 0 Å². The van der Waals surface area contributed by atoms with Crippen LogP contribution in [-0.2, 0) is 13.0 Å². The van der Waals surface area contributed by atoms with Gasteiger partial charge in [-0.15, -0.1) is 11.6 Å². The van der Waals surface area contributed by atoms with Gasteiger partial charge < -0.3 is 9.47 Å². The fourth-order valence-electron chi connectivity index (χ4n) is 2.10. The normalized spacial score (nSPS) is 11.6. The van der Waals surface area contributed by atoms with E-state index in [2.05, 4.69) is 56.5 Å². The molecule has 0 unspecified atom stereocenters. The molecule has 0 aliphatic rings. The molecule has 0 atom stereocenters. The Morgan fingerprint density at radius 3 is 2.89 bits per heavy atom. The van der Waals surface area contributed by atoms with E-state index >= 15 is 0 Å². The zero-order valence-electron chi connectivity index (χ0n) is 11.4. The van der Waals surface area contributed by atoms with Crippen LogP contribution in [-0.4, -0.2) is 40.5 Å². The van der Waals surface area contributed by atoms with Crippen molar-refractivity contribution in [2.75, 3.05) is 26.0 Å². The Balaban J connectivity index is 2.36. The second-order valence-electron chi connectivity index (χ2n) is 4.65. The topological polar surface area (TPSA) is 21.1 Å². The Labute approximate surface area is 127 Å². The molecule has 19 heavy (non-hydrogen) atoms. The smallest absolute Gasteiger partial charge is 0.111 e. The highest BCUT2D eigenvalue weighted by molar-refractivity contribution is 9.10. The van der Waals surface area contributed by atoms with Gasteiger partial charge in [0, 0.05) is 29.9 Å². The number of likely N-dealkylation sites (N-methyl/N-ethyl adjacent to an activating group) is 1. The van der Waals surface area contributed by atoms with Crippen molar-refractivity contribution in [3.8, 4) is 0 Å². The van der Waals surface area contributed by atoms with Crippen molar-refractivity contribution in [2.24, 2.45) is 0 Å². The van der Waals surface area contributed by atoms with Gasteiger partial charge in [-0.1, -0.05) is 22.9 Å². The fourth-order valence-corrected chi connectivity index (χ4v) is 2.62. The van der Waals surface area contributed by atoms with Gasteiger partial charge in [0.25, 0.3) is 0 Å². The van der Waals surface area contributed by atoms with Gasteiger partial charge >= 0.3 is 0 Å². The first kappa shape index (κ1) is 14.8. The van der Waals surface area contributed by atoms with Crippen molar-refractivity contribution in [3.63, 3.8) is 0 Å². The molecule has 2 aromatic rings. The van der Waals surface area contributed by atoms with Gasteiger partial charge in [0.05, 0.1) is 11.0 Å². The predicted molar refractivity (Wildman–Crippen MR) is 85.0 cm³/mol. The zero-order valence-corrected chi connectivity index (χ0v) is 13.7. The summed E-state index contributed by atoms with van der Waals surface area (Å²) in [4.78, 5) is 6.99. The van der Waals surface area contributed by atoms with E-state index in [1.807, 2.05) is 6.07 Å². The number of aromatic nitrogens is 2. The Morgan fingerprint density at radius 1 is 1.42 bits per heavy atom. The van der Waals surface area contributed by atoms with Crippen molar-refractivity contribution >= 4 is 38.6 Å². The van der Waals surface area contributed by atoms with Gasteiger partial charge in [-0.2, -0.15) is 0 Å². The quantitative estimate of drug-likeness (QED) is 0.748. The maximum atomic E-state index is 5.88. The van der Waals surface area contributed by atoms with Crippen LogP contribution in [0.25, 0.3) is 11.0 Å². The summed E-state index contributed by atoms with van der Waals surface area (Å²) in [5.74, 6) is 1.68. The third-order valence-electron chi connectivity index (χ3n) is 3.35. The lowest BCUT2D eigenvalue weighted by Crippen LogP contribution is -2.23. The number of nitrogens with zero attached hydrogens (tertiary/aromatic N) is 3. The first-order chi connectivity index (χ1) is 9.15. The third-order valence-corrected chi connectivity index (χ3v) is 4.03. The summed E-state index contributed by atoms with van der Waals surface area (Å²) in [5, 5.41) is 0. The molecule has 3 nitrogen and oxygen atoms in total. The maximum Gasteiger partial charge on any atom is 0.111 e. The monoisotopic (exact) mass is 343 g/mol. The van der Waals surface area contributed by atoms with E-state index in [4.69, 9.17) is 11.6 Å². The molecule has 1 aromatic heterocycles. The molecule has 1 aromatic carbocycles. The van der Waals surface area contributed by atoms with E-state index in [1.165, 1.54) is 5.52 Å². The van der Waals surface area contributed by atoms with Gasteiger partial charge in [-0.25, -0.2) is 4.98 Å². The van der Waals surface area contributed by atoms with E-state index < -0.39 is 0 Å². The summed E-state index contributed by atoms with van der Waals surface area (Å²) in [6.45, 7) is 5.19. The number of hydrogen-bond donors (Lipinski definition) is 0. The minimum Gasteiger partial charge on any atom is -0.327 e. The zero-order chi connectivity index (χ0) is 13.8. The molecule has 104 valence electrons. The van der Waals surface area contributed by atoms with Crippen LogP contribution in [0.5, 0.6) is 0 Å². The summed E-state index contributed by atoms with van der Waals surface area (Å²) in [6, 6.07) is 6.21. The molecular formula is C14H19BrClN3. The lowest BCUT2D eigenvalue weighted by atomic mass is 10.3. The summed E-state index contributed by atoms with van der Waals surface area (Å²) in [6.07, 6.45) is 0.809. The molecular weight excluding hydrogens is 326 g/mol. The number of halogens is 2. The molecule has 5 heteroatoms. The standard InChI is InChI=1S/C14H19BrClN3/c1-3-18(2)8-9-19-13-10-11(15)4-5-12(13)17-14(19)6-7-16/h4-5,10H,3,6-9H2,1-2H3. The van der Waals surface area contributed by atoms with Crippen molar-refractivity contribution < 1.29 is 0 Å². The number of imidazole rings is 1. The highest BCUT2D eigenvalue weighted by Crippen LogP contribution is 2.21. The number of alkyl halides is 1. The van der Waals surface area contributed by atoms with Crippen LogP contribution in [0, 0.1) is 0 Å². The first-order valence-corrected chi connectivity index (χ1v) is 7.87.